The highest BCUT2D eigenvalue weighted by Gasteiger charge is 2.29. The fourth-order valence-corrected chi connectivity index (χ4v) is 5.40. The second kappa shape index (κ2) is 8.85. The average Bonchev–Trinajstić information content (AvgIpc) is 3.53. The SMILES string of the molecule is COC[C@@H]1COCCN1c1nc(-c2nccn2C)nc2sc(-c3ccn(C(C)C)n3)c(C)c12. The van der Waals surface area contributed by atoms with Gasteiger partial charge in [0.05, 0.1) is 36.1 Å². The highest BCUT2D eigenvalue weighted by atomic mass is 32.1. The normalized spacial score (nSPS) is 16.9. The Morgan fingerprint density at radius 3 is 2.82 bits per heavy atom. The molecular weight excluding hydrogens is 438 g/mol. The summed E-state index contributed by atoms with van der Waals surface area (Å²) < 4.78 is 15.2. The zero-order valence-corrected chi connectivity index (χ0v) is 20.5. The van der Waals surface area contributed by atoms with Crippen molar-refractivity contribution in [1.29, 1.82) is 0 Å². The Hall–Kier alpha value is -2.82. The number of thiophene rings is 1. The quantitative estimate of drug-likeness (QED) is 0.428. The lowest BCUT2D eigenvalue weighted by Gasteiger charge is -2.36. The van der Waals surface area contributed by atoms with E-state index in [0.717, 1.165) is 44.5 Å². The van der Waals surface area contributed by atoms with E-state index in [0.29, 0.717) is 31.7 Å². The van der Waals surface area contributed by atoms with Crippen LogP contribution in [0.25, 0.3) is 32.4 Å². The Kier molecular flexibility index (Phi) is 5.90. The van der Waals surface area contributed by atoms with E-state index < -0.39 is 0 Å². The molecule has 0 saturated carbocycles. The monoisotopic (exact) mass is 467 g/mol. The summed E-state index contributed by atoms with van der Waals surface area (Å²) in [6.45, 7) is 8.97. The third kappa shape index (κ3) is 3.92. The number of rotatable bonds is 6. The molecule has 0 unspecified atom stereocenters. The van der Waals surface area contributed by atoms with Gasteiger partial charge in [-0.25, -0.2) is 15.0 Å². The first-order valence-corrected chi connectivity index (χ1v) is 12.0. The lowest BCUT2D eigenvalue weighted by molar-refractivity contribution is 0.0599. The van der Waals surface area contributed by atoms with E-state index in [4.69, 9.17) is 24.5 Å². The molecule has 33 heavy (non-hydrogen) atoms. The van der Waals surface area contributed by atoms with Crippen LogP contribution in [-0.2, 0) is 16.5 Å². The van der Waals surface area contributed by atoms with Crippen molar-refractivity contribution in [3.05, 3.63) is 30.2 Å². The Bertz CT molecular complexity index is 1270. The maximum Gasteiger partial charge on any atom is 0.199 e. The van der Waals surface area contributed by atoms with Crippen molar-refractivity contribution in [3.8, 4) is 22.2 Å². The molecule has 5 heterocycles. The van der Waals surface area contributed by atoms with Crippen LogP contribution in [-0.4, -0.2) is 68.8 Å². The van der Waals surface area contributed by atoms with Crippen molar-refractivity contribution in [3.63, 3.8) is 0 Å². The molecule has 0 amide bonds. The third-order valence-electron chi connectivity index (χ3n) is 6.02. The molecule has 4 aromatic heterocycles. The van der Waals surface area contributed by atoms with Gasteiger partial charge in [-0.05, 0) is 32.4 Å². The van der Waals surface area contributed by atoms with E-state index >= 15 is 0 Å². The first kappa shape index (κ1) is 22.0. The summed E-state index contributed by atoms with van der Waals surface area (Å²) in [5.74, 6) is 2.27. The fourth-order valence-electron chi connectivity index (χ4n) is 4.26. The molecule has 4 aromatic rings. The summed E-state index contributed by atoms with van der Waals surface area (Å²) in [5.41, 5.74) is 2.11. The Labute approximate surface area is 197 Å². The summed E-state index contributed by atoms with van der Waals surface area (Å²) in [6, 6.07) is 2.47. The number of aromatic nitrogens is 6. The van der Waals surface area contributed by atoms with Crippen LogP contribution >= 0.6 is 11.3 Å². The van der Waals surface area contributed by atoms with Gasteiger partial charge in [-0.1, -0.05) is 0 Å². The molecule has 1 aliphatic rings. The van der Waals surface area contributed by atoms with Crippen LogP contribution in [0, 0.1) is 6.92 Å². The lowest BCUT2D eigenvalue weighted by Crippen LogP contribution is -2.48. The first-order chi connectivity index (χ1) is 16.0. The number of methoxy groups -OCH3 is 1. The van der Waals surface area contributed by atoms with Gasteiger partial charge in [0.25, 0.3) is 0 Å². The van der Waals surface area contributed by atoms with Crippen molar-refractivity contribution >= 4 is 27.4 Å². The van der Waals surface area contributed by atoms with Crippen molar-refractivity contribution in [1.82, 2.24) is 29.3 Å². The Morgan fingerprint density at radius 2 is 2.12 bits per heavy atom. The minimum absolute atomic E-state index is 0.0824. The van der Waals surface area contributed by atoms with Crippen molar-refractivity contribution in [2.45, 2.75) is 32.9 Å². The third-order valence-corrected chi connectivity index (χ3v) is 7.23. The zero-order valence-electron chi connectivity index (χ0n) is 19.6. The van der Waals surface area contributed by atoms with Gasteiger partial charge < -0.3 is 18.9 Å². The van der Waals surface area contributed by atoms with Gasteiger partial charge in [-0.2, -0.15) is 5.10 Å². The number of anilines is 1. The second-order valence-corrected chi connectivity index (χ2v) is 9.62. The number of aryl methyl sites for hydroxylation is 2. The van der Waals surface area contributed by atoms with Gasteiger partial charge in [-0.15, -0.1) is 11.3 Å². The molecular formula is C23H29N7O2S. The molecule has 10 heteroatoms. The molecule has 1 aliphatic heterocycles. The maximum atomic E-state index is 5.76. The van der Waals surface area contributed by atoms with E-state index in [2.05, 4.69) is 36.7 Å². The standard InChI is InChI=1S/C23H29N7O2S/c1-14(2)30-8-6-17(27-30)19-15(3)18-21(29-10-11-32-13-16(29)12-31-5)25-20(26-23(18)33-19)22-24-7-9-28(22)4/h6-9,14,16H,10-13H2,1-5H3/t16-/m1/s1. The topological polar surface area (TPSA) is 83.1 Å². The van der Waals surface area contributed by atoms with Gasteiger partial charge in [0.15, 0.2) is 11.6 Å². The van der Waals surface area contributed by atoms with Crippen LogP contribution in [0.5, 0.6) is 0 Å². The van der Waals surface area contributed by atoms with Gasteiger partial charge in [-0.3, -0.25) is 4.68 Å². The molecule has 0 radical (unpaired) electrons. The number of morpholine rings is 1. The highest BCUT2D eigenvalue weighted by Crippen LogP contribution is 2.42. The summed E-state index contributed by atoms with van der Waals surface area (Å²) in [7, 11) is 3.68. The Balaban J connectivity index is 1.72. The number of hydrogen-bond acceptors (Lipinski definition) is 8. The second-order valence-electron chi connectivity index (χ2n) is 8.62. The Morgan fingerprint density at radius 1 is 1.27 bits per heavy atom. The largest absolute Gasteiger partial charge is 0.382 e. The minimum Gasteiger partial charge on any atom is -0.382 e. The summed E-state index contributed by atoms with van der Waals surface area (Å²) in [5, 5.41) is 5.88. The maximum absolute atomic E-state index is 5.76. The number of imidazole rings is 1. The number of ether oxygens (including phenoxy) is 2. The van der Waals surface area contributed by atoms with E-state index in [1.165, 1.54) is 0 Å². The summed E-state index contributed by atoms with van der Waals surface area (Å²) in [4.78, 5) is 18.9. The van der Waals surface area contributed by atoms with Crippen LogP contribution in [0.4, 0.5) is 5.82 Å². The molecule has 0 spiro atoms. The lowest BCUT2D eigenvalue weighted by atomic mass is 10.1. The van der Waals surface area contributed by atoms with Crippen molar-refractivity contribution in [2.24, 2.45) is 7.05 Å². The smallest absolute Gasteiger partial charge is 0.199 e. The molecule has 9 nitrogen and oxygen atoms in total. The van der Waals surface area contributed by atoms with Crippen molar-refractivity contribution < 1.29 is 9.47 Å². The molecule has 0 aliphatic carbocycles. The molecule has 1 atom stereocenters. The molecule has 5 rings (SSSR count). The van der Waals surface area contributed by atoms with Crippen LogP contribution in [0.3, 0.4) is 0 Å². The average molecular weight is 468 g/mol. The van der Waals surface area contributed by atoms with Gasteiger partial charge in [0.2, 0.25) is 0 Å². The van der Waals surface area contributed by atoms with Crippen LogP contribution < -0.4 is 4.90 Å². The predicted octanol–water partition coefficient (Wildman–Crippen LogP) is 3.70. The summed E-state index contributed by atoms with van der Waals surface area (Å²) in [6.07, 6.45) is 5.72. The molecule has 174 valence electrons. The van der Waals surface area contributed by atoms with Crippen LogP contribution in [0.1, 0.15) is 25.5 Å². The minimum atomic E-state index is 0.0824. The number of hydrogen-bond donors (Lipinski definition) is 0. The van der Waals surface area contributed by atoms with E-state index in [-0.39, 0.29) is 6.04 Å². The van der Waals surface area contributed by atoms with E-state index in [1.807, 2.05) is 28.7 Å². The number of fused-ring (bicyclic) bond motifs is 1. The van der Waals surface area contributed by atoms with Gasteiger partial charge in [0.1, 0.15) is 16.3 Å². The first-order valence-electron chi connectivity index (χ1n) is 11.2. The van der Waals surface area contributed by atoms with Crippen molar-refractivity contribution in [2.75, 3.05) is 38.4 Å². The predicted molar refractivity (Wildman–Crippen MR) is 130 cm³/mol. The molecule has 0 N–H and O–H groups in total. The zero-order chi connectivity index (χ0) is 23.1. The highest BCUT2D eigenvalue weighted by molar-refractivity contribution is 7.22. The molecule has 0 aromatic carbocycles. The van der Waals surface area contributed by atoms with E-state index in [1.54, 1.807) is 24.6 Å². The number of nitrogens with zero attached hydrogens (tertiary/aromatic N) is 7. The van der Waals surface area contributed by atoms with Crippen LogP contribution in [0.2, 0.25) is 0 Å². The molecule has 1 saturated heterocycles. The molecule has 1 fully saturated rings. The summed E-state index contributed by atoms with van der Waals surface area (Å²) >= 11 is 1.66. The fraction of sp³-hybridized carbons (Fsp3) is 0.478. The molecule has 0 bridgehead atoms. The van der Waals surface area contributed by atoms with Gasteiger partial charge in [0, 0.05) is 45.3 Å². The van der Waals surface area contributed by atoms with Crippen LogP contribution in [0.15, 0.2) is 24.7 Å². The van der Waals surface area contributed by atoms with Gasteiger partial charge >= 0.3 is 0 Å². The van der Waals surface area contributed by atoms with E-state index in [9.17, 15) is 0 Å².